The van der Waals surface area contributed by atoms with E-state index in [0.717, 1.165) is 5.39 Å². The van der Waals surface area contributed by atoms with Crippen molar-refractivity contribution in [3.63, 3.8) is 0 Å². The van der Waals surface area contributed by atoms with Gasteiger partial charge in [-0.05, 0) is 59.8 Å². The molecule has 128 valence electrons. The zero-order valence-corrected chi connectivity index (χ0v) is 14.6. The number of carbonyl (C=O) groups is 1. The van der Waals surface area contributed by atoms with Crippen molar-refractivity contribution in [1.82, 2.24) is 0 Å². The summed E-state index contributed by atoms with van der Waals surface area (Å²) in [4.78, 5) is 13.6. The maximum absolute atomic E-state index is 13.6. The number of hydrogen-bond acceptors (Lipinski definition) is 2. The van der Waals surface area contributed by atoms with Gasteiger partial charge in [0.2, 0.25) is 5.78 Å². The van der Waals surface area contributed by atoms with Crippen LogP contribution in [0.2, 0.25) is 0 Å². The predicted molar refractivity (Wildman–Crippen MR) is 104 cm³/mol. The average molecular weight is 344 g/mol. The number of benzene rings is 3. The molecule has 0 amide bonds. The van der Waals surface area contributed by atoms with Crippen LogP contribution in [-0.4, -0.2) is 5.78 Å². The van der Waals surface area contributed by atoms with Crippen LogP contribution in [0, 0.1) is 6.92 Å². The van der Waals surface area contributed by atoms with Crippen LogP contribution < -0.4 is 4.74 Å². The molecule has 1 spiro atoms. The summed E-state index contributed by atoms with van der Waals surface area (Å²) in [7, 11) is 0. The summed E-state index contributed by atoms with van der Waals surface area (Å²) >= 11 is 0. The van der Waals surface area contributed by atoms with Gasteiger partial charge >= 0.3 is 0 Å². The van der Waals surface area contributed by atoms with E-state index in [2.05, 4.69) is 0 Å². The zero-order chi connectivity index (χ0) is 21.5. The third-order valence-corrected chi connectivity index (χ3v) is 5.20. The first kappa shape index (κ1) is 11.7. The van der Waals surface area contributed by atoms with Gasteiger partial charge in [-0.25, -0.2) is 0 Å². The number of aryl methyl sites for hydroxylation is 2. The van der Waals surface area contributed by atoms with Gasteiger partial charge in [-0.15, -0.1) is 0 Å². The lowest BCUT2D eigenvalue weighted by Gasteiger charge is -2.41. The highest BCUT2D eigenvalue weighted by molar-refractivity contribution is 6.08. The molecular formula is C24H20O2. The molecule has 1 unspecified atom stereocenters. The van der Waals surface area contributed by atoms with Crippen LogP contribution in [0.25, 0.3) is 16.8 Å². The quantitative estimate of drug-likeness (QED) is 0.549. The van der Waals surface area contributed by atoms with Crippen LogP contribution in [0.1, 0.15) is 41.0 Å². The van der Waals surface area contributed by atoms with E-state index in [0.29, 0.717) is 27.6 Å². The number of hydrogen-bond donors (Lipinski definition) is 0. The lowest BCUT2D eigenvalue weighted by atomic mass is 9.73. The van der Waals surface area contributed by atoms with Crippen molar-refractivity contribution in [2.75, 3.05) is 0 Å². The number of Topliss-reactive ketones (excluding diaryl/α,β-unsaturated/α-hetero) is 1. The number of ketones is 1. The summed E-state index contributed by atoms with van der Waals surface area (Å²) in [5.41, 5.74) is 0.0804. The second-order valence-corrected chi connectivity index (χ2v) is 6.90. The summed E-state index contributed by atoms with van der Waals surface area (Å²) in [5, 5.41) is 1.39. The Bertz CT molecular complexity index is 1280. The van der Waals surface area contributed by atoms with Gasteiger partial charge in [-0.3, -0.25) is 4.79 Å². The van der Waals surface area contributed by atoms with Crippen molar-refractivity contribution >= 4 is 22.6 Å². The fourth-order valence-corrected chi connectivity index (χ4v) is 3.92. The topological polar surface area (TPSA) is 26.3 Å². The molecule has 5 rings (SSSR count). The smallest absolute Gasteiger partial charge is 0.206 e. The van der Waals surface area contributed by atoms with Crippen LogP contribution in [0.5, 0.6) is 5.75 Å². The highest BCUT2D eigenvalue weighted by atomic mass is 16.5. The molecular weight excluding hydrogens is 320 g/mol. The number of ether oxygens (including phenoxy) is 1. The van der Waals surface area contributed by atoms with Gasteiger partial charge in [0.25, 0.3) is 0 Å². The lowest BCUT2D eigenvalue weighted by molar-refractivity contribution is -0.133. The molecule has 1 aliphatic heterocycles. The normalized spacial score (nSPS) is 27.3. The Morgan fingerprint density at radius 1 is 1.08 bits per heavy atom. The molecule has 0 radical (unpaired) electrons. The Hall–Kier alpha value is -2.87. The summed E-state index contributed by atoms with van der Waals surface area (Å²) < 4.78 is 42.4. The molecule has 2 aliphatic rings. The average Bonchev–Trinajstić information content (AvgIpc) is 2.70. The molecule has 3 aromatic carbocycles. The molecule has 0 N–H and O–H groups in total. The van der Waals surface area contributed by atoms with E-state index in [-0.39, 0.29) is 11.3 Å². The minimum atomic E-state index is -2.66. The summed E-state index contributed by atoms with van der Waals surface area (Å²) in [6, 6.07) is 16.2. The van der Waals surface area contributed by atoms with Crippen LogP contribution >= 0.6 is 0 Å². The summed E-state index contributed by atoms with van der Waals surface area (Å²) in [6.45, 7) is 3.43. The molecule has 26 heavy (non-hydrogen) atoms. The van der Waals surface area contributed by atoms with E-state index >= 15 is 0 Å². The van der Waals surface area contributed by atoms with E-state index in [1.807, 2.05) is 24.3 Å². The van der Waals surface area contributed by atoms with Crippen molar-refractivity contribution in [2.24, 2.45) is 0 Å². The van der Waals surface area contributed by atoms with Gasteiger partial charge in [0.1, 0.15) is 5.75 Å². The van der Waals surface area contributed by atoms with Crippen molar-refractivity contribution in [3.05, 3.63) is 82.4 Å². The van der Waals surface area contributed by atoms with E-state index in [9.17, 15) is 4.79 Å². The summed E-state index contributed by atoms with van der Waals surface area (Å²) in [6.07, 6.45) is -3.43. The van der Waals surface area contributed by atoms with E-state index < -0.39 is 24.1 Å². The highest BCUT2D eigenvalue weighted by Crippen LogP contribution is 2.48. The van der Waals surface area contributed by atoms with Crippen LogP contribution in [0.4, 0.5) is 0 Å². The minimum Gasteiger partial charge on any atom is -0.474 e. The molecule has 2 heteroatoms. The molecule has 1 aliphatic carbocycles. The van der Waals surface area contributed by atoms with Crippen molar-refractivity contribution in [3.8, 4) is 5.75 Å². The largest absolute Gasteiger partial charge is 0.474 e. The number of carbonyl (C=O) groups excluding carboxylic acids is 1. The van der Waals surface area contributed by atoms with Crippen molar-refractivity contribution < 1.29 is 15.0 Å². The Morgan fingerprint density at radius 2 is 1.85 bits per heavy atom. The van der Waals surface area contributed by atoms with Crippen LogP contribution in [0.3, 0.4) is 0 Å². The number of rotatable bonds is 0. The maximum Gasteiger partial charge on any atom is 0.206 e. The van der Waals surface area contributed by atoms with Crippen LogP contribution in [-0.2, 0) is 16.8 Å². The molecule has 0 saturated carbocycles. The number of fused-ring (bicyclic) bond motifs is 5. The Labute approximate surface area is 158 Å². The van der Waals surface area contributed by atoms with Crippen molar-refractivity contribution in [2.45, 2.75) is 32.2 Å². The fraction of sp³-hybridized carbons (Fsp3) is 0.208. The first-order chi connectivity index (χ1) is 14.1. The Kier molecular flexibility index (Phi) is 2.39. The zero-order valence-electron chi connectivity index (χ0n) is 18.6. The third-order valence-electron chi connectivity index (χ3n) is 5.20. The third kappa shape index (κ3) is 1.96. The molecule has 0 aromatic heterocycles. The van der Waals surface area contributed by atoms with Gasteiger partial charge in [0.15, 0.2) is 5.60 Å². The second kappa shape index (κ2) is 5.31. The van der Waals surface area contributed by atoms with Gasteiger partial charge in [-0.1, -0.05) is 48.5 Å². The first-order valence-corrected chi connectivity index (χ1v) is 8.67. The molecule has 0 saturated heterocycles. The minimum absolute atomic E-state index is 0.159. The van der Waals surface area contributed by atoms with Gasteiger partial charge in [-0.2, -0.15) is 0 Å². The van der Waals surface area contributed by atoms with Gasteiger partial charge in [0.05, 0.1) is 0 Å². The highest BCUT2D eigenvalue weighted by Gasteiger charge is 2.48. The van der Waals surface area contributed by atoms with E-state index in [1.54, 1.807) is 50.3 Å². The maximum atomic E-state index is 13.6. The van der Waals surface area contributed by atoms with Crippen LogP contribution in [0.15, 0.2) is 60.2 Å². The predicted octanol–water partition coefficient (Wildman–Crippen LogP) is 5.35. The monoisotopic (exact) mass is 344 g/mol. The molecule has 0 bridgehead atoms. The SMILES string of the molecule is [2H]C1([2H])c2c(c(C)cc3ccccc23)OC2(C(=O)C(C)=Cc3ccccc32)C1([2H])[2H]. The van der Waals surface area contributed by atoms with E-state index in [4.69, 9.17) is 10.2 Å². The van der Waals surface area contributed by atoms with Crippen molar-refractivity contribution in [1.29, 1.82) is 0 Å². The van der Waals surface area contributed by atoms with E-state index in [1.165, 1.54) is 0 Å². The van der Waals surface area contributed by atoms with Gasteiger partial charge < -0.3 is 4.74 Å². The lowest BCUT2D eigenvalue weighted by Crippen LogP contribution is -2.47. The molecule has 2 nitrogen and oxygen atoms in total. The summed E-state index contributed by atoms with van der Waals surface area (Å²) in [5.74, 6) is -0.306. The standard InChI is InChI=1S/C24H20O2/c1-15-13-17-7-3-5-9-19(17)20-11-12-24(26-22(15)20)21-10-6-4-8-18(21)14-16(2)23(24)25/h3-10,13-14H,11-12H2,1-2H3/i11D2,12D2. The molecule has 1 heterocycles. The van der Waals surface area contributed by atoms with Gasteiger partial charge in [0, 0.05) is 23.0 Å². The molecule has 1 atom stereocenters. The Balaban J connectivity index is 1.93. The second-order valence-electron chi connectivity index (χ2n) is 6.90. The Morgan fingerprint density at radius 3 is 2.73 bits per heavy atom. The first-order valence-electron chi connectivity index (χ1n) is 10.7. The molecule has 3 aromatic rings. The fourth-order valence-electron chi connectivity index (χ4n) is 3.92. The molecule has 0 fully saturated rings.